The van der Waals surface area contributed by atoms with E-state index in [1.165, 1.54) is 0 Å². The predicted octanol–water partition coefficient (Wildman–Crippen LogP) is 2.92. The molecule has 1 atom stereocenters. The first-order valence-corrected chi connectivity index (χ1v) is 7.87. The summed E-state index contributed by atoms with van der Waals surface area (Å²) in [5, 5.41) is 15.1. The van der Waals surface area contributed by atoms with E-state index in [1.807, 2.05) is 20.8 Å². The van der Waals surface area contributed by atoms with Crippen LogP contribution < -0.4 is 0 Å². The Morgan fingerprint density at radius 3 is 2.55 bits per heavy atom. The van der Waals surface area contributed by atoms with E-state index >= 15 is 0 Å². The highest BCUT2D eigenvalue weighted by Crippen LogP contribution is 2.38. The highest BCUT2D eigenvalue weighted by atomic mass is 79.9. The molecule has 0 radical (unpaired) electrons. The fraction of sp³-hybridized carbons (Fsp3) is 0.786. The Morgan fingerprint density at radius 2 is 2.05 bits per heavy atom. The number of aliphatic hydroxyl groups is 1. The summed E-state index contributed by atoms with van der Waals surface area (Å²) in [6.45, 7) is 7.74. The average molecular weight is 349 g/mol. The van der Waals surface area contributed by atoms with Gasteiger partial charge in [-0.2, -0.15) is 5.10 Å². The number of aliphatic hydroxyl groups excluding tert-OH is 1. The monoisotopic (exact) mass is 348 g/mol. The zero-order valence-electron chi connectivity index (χ0n) is 12.7. The van der Waals surface area contributed by atoms with E-state index in [0.717, 1.165) is 23.0 Å². The predicted molar refractivity (Wildman–Crippen MR) is 81.7 cm³/mol. The van der Waals surface area contributed by atoms with Gasteiger partial charge in [0, 0.05) is 13.7 Å². The van der Waals surface area contributed by atoms with Crippen molar-refractivity contribution in [1.82, 2.24) is 9.78 Å². The summed E-state index contributed by atoms with van der Waals surface area (Å²) in [7, 11) is 1.65. The lowest BCUT2D eigenvalue weighted by atomic mass is 9.88. The zero-order chi connectivity index (χ0) is 15.2. The highest BCUT2D eigenvalue weighted by molar-refractivity contribution is 9.10. The van der Waals surface area contributed by atoms with Crippen LogP contribution in [0.5, 0.6) is 0 Å². The number of halogens is 1. The molecule has 6 heteroatoms. The van der Waals surface area contributed by atoms with Crippen LogP contribution in [0.4, 0.5) is 0 Å². The third-order valence-corrected chi connectivity index (χ3v) is 4.34. The van der Waals surface area contributed by atoms with Gasteiger partial charge in [-0.3, -0.25) is 4.68 Å². The molecule has 0 saturated carbocycles. The van der Waals surface area contributed by atoms with Crippen LogP contribution in [0.1, 0.15) is 45.4 Å². The van der Waals surface area contributed by atoms with Gasteiger partial charge in [-0.05, 0) is 35.7 Å². The van der Waals surface area contributed by atoms with Crippen molar-refractivity contribution in [2.24, 2.45) is 0 Å². The van der Waals surface area contributed by atoms with E-state index in [4.69, 9.17) is 9.47 Å². The van der Waals surface area contributed by atoms with Crippen molar-refractivity contribution >= 4 is 15.9 Å². The number of methoxy groups -OCH3 is 1. The topological polar surface area (TPSA) is 56.5 Å². The molecule has 20 heavy (non-hydrogen) atoms. The average Bonchev–Trinajstić information content (AvgIpc) is 2.82. The summed E-state index contributed by atoms with van der Waals surface area (Å²) in [5.74, 6) is 0. The van der Waals surface area contributed by atoms with Crippen molar-refractivity contribution in [3.05, 3.63) is 16.4 Å². The van der Waals surface area contributed by atoms with Crippen molar-refractivity contribution in [2.75, 3.05) is 20.3 Å². The van der Waals surface area contributed by atoms with E-state index in [0.29, 0.717) is 19.8 Å². The summed E-state index contributed by atoms with van der Waals surface area (Å²) in [6.07, 6.45) is 2.45. The molecule has 1 N–H and O–H groups in total. The van der Waals surface area contributed by atoms with Gasteiger partial charge in [0.05, 0.1) is 35.1 Å². The van der Waals surface area contributed by atoms with Crippen LogP contribution >= 0.6 is 15.9 Å². The molecular formula is C14H25BrN2O3. The maximum Gasteiger partial charge on any atom is 0.126 e. The molecule has 5 nitrogen and oxygen atoms in total. The third kappa shape index (κ3) is 3.61. The first-order valence-electron chi connectivity index (χ1n) is 7.08. The molecule has 1 unspecified atom stereocenters. The number of hydrogen-bond donors (Lipinski definition) is 1. The van der Waals surface area contributed by atoms with Gasteiger partial charge < -0.3 is 14.6 Å². The first kappa shape index (κ1) is 17.6. The van der Waals surface area contributed by atoms with Gasteiger partial charge in [0.15, 0.2) is 0 Å². The Balaban J connectivity index is 3.10. The number of nitrogens with zero attached hydrogens (tertiary/aromatic N) is 2. The second-order valence-corrected chi connectivity index (χ2v) is 5.56. The standard InChI is InChI=1S/C14H25BrN2O3/c1-5-14(6-2,20-7-3)13(18)12-11(15)10-16-17(12)8-9-19-4/h10,13,18H,5-9H2,1-4H3. The summed E-state index contributed by atoms with van der Waals surface area (Å²) in [5.41, 5.74) is 0.168. The Morgan fingerprint density at radius 1 is 1.40 bits per heavy atom. The molecule has 0 amide bonds. The van der Waals surface area contributed by atoms with E-state index in [-0.39, 0.29) is 0 Å². The Bertz CT molecular complexity index is 405. The van der Waals surface area contributed by atoms with Crippen LogP contribution in [0.25, 0.3) is 0 Å². The second kappa shape index (κ2) is 8.12. The minimum Gasteiger partial charge on any atom is -0.384 e. The Labute approximate surface area is 129 Å². The Hall–Kier alpha value is -0.430. The van der Waals surface area contributed by atoms with Gasteiger partial charge in [0.2, 0.25) is 0 Å². The van der Waals surface area contributed by atoms with Crippen molar-refractivity contribution in [3.63, 3.8) is 0 Å². The van der Waals surface area contributed by atoms with Gasteiger partial charge in [-0.1, -0.05) is 13.8 Å². The van der Waals surface area contributed by atoms with Crippen LogP contribution in [0, 0.1) is 0 Å². The molecule has 0 fully saturated rings. The van der Waals surface area contributed by atoms with Gasteiger partial charge >= 0.3 is 0 Å². The second-order valence-electron chi connectivity index (χ2n) is 4.70. The molecule has 0 saturated heterocycles. The number of hydrogen-bond acceptors (Lipinski definition) is 4. The van der Waals surface area contributed by atoms with Gasteiger partial charge in [0.25, 0.3) is 0 Å². The normalized spacial score (nSPS) is 13.7. The number of rotatable bonds is 9. The quantitative estimate of drug-likeness (QED) is 0.745. The molecule has 0 aromatic carbocycles. The van der Waals surface area contributed by atoms with Gasteiger partial charge in [-0.25, -0.2) is 0 Å². The van der Waals surface area contributed by atoms with Crippen LogP contribution in [0.2, 0.25) is 0 Å². The van der Waals surface area contributed by atoms with Crippen LogP contribution in [0.15, 0.2) is 10.7 Å². The summed E-state index contributed by atoms with van der Waals surface area (Å²) in [4.78, 5) is 0. The van der Waals surface area contributed by atoms with Crippen molar-refractivity contribution in [3.8, 4) is 0 Å². The smallest absolute Gasteiger partial charge is 0.126 e. The molecule has 1 aromatic rings. The molecular weight excluding hydrogens is 324 g/mol. The third-order valence-electron chi connectivity index (χ3n) is 3.73. The van der Waals surface area contributed by atoms with Crippen LogP contribution in [-0.2, 0) is 16.0 Å². The van der Waals surface area contributed by atoms with E-state index in [1.54, 1.807) is 18.0 Å². The maximum atomic E-state index is 10.9. The van der Waals surface area contributed by atoms with E-state index in [9.17, 15) is 5.11 Å². The maximum absolute atomic E-state index is 10.9. The fourth-order valence-corrected chi connectivity index (χ4v) is 2.97. The number of ether oxygens (including phenoxy) is 2. The zero-order valence-corrected chi connectivity index (χ0v) is 14.3. The highest BCUT2D eigenvalue weighted by Gasteiger charge is 2.39. The minimum absolute atomic E-state index is 0.549. The molecule has 1 rings (SSSR count). The van der Waals surface area contributed by atoms with E-state index < -0.39 is 11.7 Å². The summed E-state index contributed by atoms with van der Waals surface area (Å²) in [6, 6.07) is 0. The Kier molecular flexibility index (Phi) is 7.15. The lowest BCUT2D eigenvalue weighted by Gasteiger charge is -2.36. The molecule has 0 bridgehead atoms. The molecule has 0 aliphatic rings. The number of aromatic nitrogens is 2. The molecule has 0 aliphatic heterocycles. The van der Waals surface area contributed by atoms with Gasteiger partial charge in [0.1, 0.15) is 6.10 Å². The van der Waals surface area contributed by atoms with Gasteiger partial charge in [-0.15, -0.1) is 0 Å². The first-order chi connectivity index (χ1) is 9.56. The van der Waals surface area contributed by atoms with Crippen molar-refractivity contribution in [1.29, 1.82) is 0 Å². The SMILES string of the molecule is CCOC(CC)(CC)C(O)c1c(Br)cnn1CCOC. The molecule has 0 spiro atoms. The molecule has 116 valence electrons. The lowest BCUT2D eigenvalue weighted by molar-refractivity contribution is -0.130. The fourth-order valence-electron chi connectivity index (χ4n) is 2.46. The molecule has 0 aliphatic carbocycles. The van der Waals surface area contributed by atoms with Crippen molar-refractivity contribution in [2.45, 2.75) is 51.9 Å². The van der Waals surface area contributed by atoms with E-state index in [2.05, 4.69) is 21.0 Å². The summed E-state index contributed by atoms with van der Waals surface area (Å²) < 4.78 is 13.5. The largest absolute Gasteiger partial charge is 0.384 e. The minimum atomic E-state index is -0.730. The van der Waals surface area contributed by atoms with Crippen LogP contribution in [0.3, 0.4) is 0 Å². The lowest BCUT2D eigenvalue weighted by Crippen LogP contribution is -2.39. The van der Waals surface area contributed by atoms with Crippen LogP contribution in [-0.4, -0.2) is 40.8 Å². The summed E-state index contributed by atoms with van der Waals surface area (Å²) >= 11 is 3.47. The van der Waals surface area contributed by atoms with Crippen molar-refractivity contribution < 1.29 is 14.6 Å². The molecule has 1 heterocycles. The molecule has 1 aromatic heterocycles.